The van der Waals surface area contributed by atoms with Crippen molar-refractivity contribution in [1.29, 1.82) is 0 Å². The van der Waals surface area contributed by atoms with Crippen LogP contribution in [-0.2, 0) is 9.59 Å². The van der Waals surface area contributed by atoms with Gasteiger partial charge in [0.05, 0.1) is 5.69 Å². The number of nitrogens with zero attached hydrogens (tertiary/aromatic N) is 1. The van der Waals surface area contributed by atoms with Gasteiger partial charge >= 0.3 is 0 Å². The van der Waals surface area contributed by atoms with Crippen molar-refractivity contribution in [3.63, 3.8) is 0 Å². The minimum Gasteiger partial charge on any atom is -0.354 e. The lowest BCUT2D eigenvalue weighted by molar-refractivity contribution is -0.121. The SMILES string of the molecule is CC(=O)Nc1cc(C(=O)N2CCCCC2CNC(=O)CCN)ccc1F. The van der Waals surface area contributed by atoms with Gasteiger partial charge in [-0.05, 0) is 37.5 Å². The molecule has 3 amide bonds. The fraction of sp³-hybridized carbons (Fsp3) is 0.500. The molecule has 1 unspecified atom stereocenters. The van der Waals surface area contributed by atoms with Gasteiger partial charge in [0, 0.05) is 44.6 Å². The lowest BCUT2D eigenvalue weighted by Gasteiger charge is -2.36. The van der Waals surface area contributed by atoms with Crippen molar-refractivity contribution in [2.45, 2.75) is 38.6 Å². The molecule has 0 radical (unpaired) electrons. The molecular formula is C18H25FN4O3. The summed E-state index contributed by atoms with van der Waals surface area (Å²) in [5, 5.41) is 5.19. The van der Waals surface area contributed by atoms with Crippen LogP contribution in [-0.4, -0.2) is 48.3 Å². The Morgan fingerprint density at radius 2 is 2.08 bits per heavy atom. The molecule has 1 aliphatic rings. The minimum atomic E-state index is -0.596. The number of carbonyl (C=O) groups is 3. The number of benzene rings is 1. The van der Waals surface area contributed by atoms with Gasteiger partial charge in [0.25, 0.3) is 5.91 Å². The number of nitrogens with one attached hydrogen (secondary N) is 2. The van der Waals surface area contributed by atoms with E-state index in [1.165, 1.54) is 25.1 Å². The standard InChI is InChI=1S/C18H25FN4O3/c1-12(24)22-16-10-13(5-6-15(16)19)18(26)23-9-3-2-4-14(23)11-21-17(25)7-8-20/h5-6,10,14H,2-4,7-9,11,20H2,1H3,(H,21,25)(H,22,24). The highest BCUT2D eigenvalue weighted by molar-refractivity contribution is 5.97. The van der Waals surface area contributed by atoms with Crippen LogP contribution >= 0.6 is 0 Å². The Balaban J connectivity index is 2.12. The van der Waals surface area contributed by atoms with E-state index in [2.05, 4.69) is 10.6 Å². The highest BCUT2D eigenvalue weighted by Gasteiger charge is 2.28. The number of hydrogen-bond acceptors (Lipinski definition) is 4. The smallest absolute Gasteiger partial charge is 0.254 e. The molecule has 1 aliphatic heterocycles. The van der Waals surface area contributed by atoms with Crippen molar-refractivity contribution in [3.8, 4) is 0 Å². The largest absolute Gasteiger partial charge is 0.354 e. The van der Waals surface area contributed by atoms with Crippen LogP contribution < -0.4 is 16.4 Å². The first-order valence-electron chi connectivity index (χ1n) is 8.77. The molecule has 0 aliphatic carbocycles. The second kappa shape index (κ2) is 9.28. The zero-order valence-corrected chi connectivity index (χ0v) is 14.9. The number of likely N-dealkylation sites (tertiary alicyclic amines) is 1. The molecule has 2 rings (SSSR count). The van der Waals surface area contributed by atoms with Crippen LogP contribution in [0.1, 0.15) is 43.0 Å². The topological polar surface area (TPSA) is 105 Å². The maximum absolute atomic E-state index is 13.8. The minimum absolute atomic E-state index is 0.0202. The quantitative estimate of drug-likeness (QED) is 0.706. The fourth-order valence-corrected chi connectivity index (χ4v) is 3.04. The van der Waals surface area contributed by atoms with Crippen LogP contribution in [0.2, 0.25) is 0 Å². The van der Waals surface area contributed by atoms with Crippen LogP contribution in [0.15, 0.2) is 18.2 Å². The van der Waals surface area contributed by atoms with E-state index in [9.17, 15) is 18.8 Å². The number of anilines is 1. The molecule has 0 bridgehead atoms. The van der Waals surface area contributed by atoms with Crippen molar-refractivity contribution in [3.05, 3.63) is 29.6 Å². The van der Waals surface area contributed by atoms with E-state index in [4.69, 9.17) is 5.73 Å². The van der Waals surface area contributed by atoms with Gasteiger partial charge in [-0.25, -0.2) is 4.39 Å². The zero-order chi connectivity index (χ0) is 19.1. The Labute approximate surface area is 152 Å². The number of amides is 3. The lowest BCUT2D eigenvalue weighted by atomic mass is 10.0. The molecule has 1 aromatic carbocycles. The number of halogens is 1. The summed E-state index contributed by atoms with van der Waals surface area (Å²) in [5.74, 6) is -1.39. The van der Waals surface area contributed by atoms with Crippen LogP contribution in [0.4, 0.5) is 10.1 Å². The molecule has 4 N–H and O–H groups in total. The lowest BCUT2D eigenvalue weighted by Crippen LogP contribution is -2.49. The third-order valence-electron chi connectivity index (χ3n) is 4.32. The first-order valence-corrected chi connectivity index (χ1v) is 8.77. The van der Waals surface area contributed by atoms with E-state index >= 15 is 0 Å². The number of nitrogens with two attached hydrogens (primary N) is 1. The van der Waals surface area contributed by atoms with Gasteiger partial charge in [0.2, 0.25) is 11.8 Å². The van der Waals surface area contributed by atoms with Gasteiger partial charge in [-0.3, -0.25) is 14.4 Å². The molecule has 142 valence electrons. The van der Waals surface area contributed by atoms with Crippen molar-refractivity contribution >= 4 is 23.4 Å². The summed E-state index contributed by atoms with van der Waals surface area (Å²) in [6.45, 7) is 2.49. The van der Waals surface area contributed by atoms with E-state index in [0.717, 1.165) is 19.3 Å². The molecule has 0 aromatic heterocycles. The van der Waals surface area contributed by atoms with Crippen LogP contribution in [0.25, 0.3) is 0 Å². The molecule has 1 saturated heterocycles. The third kappa shape index (κ3) is 5.26. The molecule has 0 saturated carbocycles. The van der Waals surface area contributed by atoms with Crippen molar-refractivity contribution < 1.29 is 18.8 Å². The van der Waals surface area contributed by atoms with Gasteiger partial charge < -0.3 is 21.3 Å². The normalized spacial score (nSPS) is 16.9. The molecular weight excluding hydrogens is 339 g/mol. The summed E-state index contributed by atoms with van der Waals surface area (Å²) < 4.78 is 13.8. The number of carbonyl (C=O) groups excluding carboxylic acids is 3. The summed E-state index contributed by atoms with van der Waals surface area (Å²) in [7, 11) is 0. The molecule has 1 atom stereocenters. The molecule has 1 fully saturated rings. The molecule has 7 nitrogen and oxygen atoms in total. The Morgan fingerprint density at radius 1 is 1.31 bits per heavy atom. The van der Waals surface area contributed by atoms with E-state index in [1.807, 2.05) is 0 Å². The predicted molar refractivity (Wildman–Crippen MR) is 96.1 cm³/mol. The van der Waals surface area contributed by atoms with E-state index in [0.29, 0.717) is 18.7 Å². The first-order chi connectivity index (χ1) is 12.4. The summed E-state index contributed by atoms with van der Waals surface area (Å²) in [4.78, 5) is 37.4. The van der Waals surface area contributed by atoms with Crippen LogP contribution in [0.3, 0.4) is 0 Å². The Kier molecular flexibility index (Phi) is 7.08. The molecule has 1 aromatic rings. The van der Waals surface area contributed by atoms with Crippen LogP contribution in [0.5, 0.6) is 0 Å². The second-order valence-electron chi connectivity index (χ2n) is 6.37. The van der Waals surface area contributed by atoms with Crippen molar-refractivity contribution in [2.75, 3.05) is 25.0 Å². The molecule has 1 heterocycles. The highest BCUT2D eigenvalue weighted by Crippen LogP contribution is 2.22. The van der Waals surface area contributed by atoms with E-state index in [1.54, 1.807) is 4.90 Å². The maximum atomic E-state index is 13.8. The fourth-order valence-electron chi connectivity index (χ4n) is 3.04. The summed E-state index contributed by atoms with van der Waals surface area (Å²) in [5.41, 5.74) is 5.65. The van der Waals surface area contributed by atoms with E-state index < -0.39 is 11.7 Å². The first kappa shape index (κ1) is 19.8. The molecule has 8 heteroatoms. The Bertz CT molecular complexity index is 680. The van der Waals surface area contributed by atoms with Crippen molar-refractivity contribution in [1.82, 2.24) is 10.2 Å². The van der Waals surface area contributed by atoms with Crippen LogP contribution in [0, 0.1) is 5.82 Å². The average Bonchev–Trinajstić information content (AvgIpc) is 2.61. The zero-order valence-electron chi connectivity index (χ0n) is 14.9. The summed E-state index contributed by atoms with van der Waals surface area (Å²) in [6, 6.07) is 3.80. The summed E-state index contributed by atoms with van der Waals surface area (Å²) >= 11 is 0. The Hall–Kier alpha value is -2.48. The van der Waals surface area contributed by atoms with Gasteiger partial charge in [0.1, 0.15) is 5.82 Å². The van der Waals surface area contributed by atoms with Gasteiger partial charge in [-0.15, -0.1) is 0 Å². The number of hydrogen-bond donors (Lipinski definition) is 3. The monoisotopic (exact) mass is 364 g/mol. The third-order valence-corrected chi connectivity index (χ3v) is 4.32. The average molecular weight is 364 g/mol. The Morgan fingerprint density at radius 3 is 2.77 bits per heavy atom. The second-order valence-corrected chi connectivity index (χ2v) is 6.37. The molecule has 26 heavy (non-hydrogen) atoms. The van der Waals surface area contributed by atoms with E-state index in [-0.39, 0.29) is 36.5 Å². The summed E-state index contributed by atoms with van der Waals surface area (Å²) in [6.07, 6.45) is 2.88. The van der Waals surface area contributed by atoms with Gasteiger partial charge in [-0.2, -0.15) is 0 Å². The number of rotatable bonds is 6. The predicted octanol–water partition coefficient (Wildman–Crippen LogP) is 1.24. The van der Waals surface area contributed by atoms with Gasteiger partial charge in [0.15, 0.2) is 0 Å². The molecule has 0 spiro atoms. The number of piperidine rings is 1. The van der Waals surface area contributed by atoms with Gasteiger partial charge in [-0.1, -0.05) is 0 Å². The maximum Gasteiger partial charge on any atom is 0.254 e. The highest BCUT2D eigenvalue weighted by atomic mass is 19.1. The van der Waals surface area contributed by atoms with Crippen molar-refractivity contribution in [2.24, 2.45) is 5.73 Å².